The Kier molecular flexibility index (Phi) is 3.08. The van der Waals surface area contributed by atoms with E-state index < -0.39 is 29.1 Å². The minimum absolute atomic E-state index is 0.724. The lowest BCUT2D eigenvalue weighted by atomic mass is 10.4. The van der Waals surface area contributed by atoms with Crippen molar-refractivity contribution in [2.24, 2.45) is 0 Å². The van der Waals surface area contributed by atoms with E-state index in [4.69, 9.17) is 0 Å². The summed E-state index contributed by atoms with van der Waals surface area (Å²) >= 11 is 0. The van der Waals surface area contributed by atoms with Crippen LogP contribution in [0.2, 0.25) is 0 Å². The highest BCUT2D eigenvalue weighted by atomic mass is 19.3. The molecule has 0 aliphatic rings. The quantitative estimate of drug-likeness (QED) is 0.576. The number of pyridine rings is 1. The summed E-state index contributed by atoms with van der Waals surface area (Å²) < 4.78 is 40.5. The molecule has 1 aromatic heterocycles. The average Bonchev–Trinajstić information content (AvgIpc) is 2.18. The van der Waals surface area contributed by atoms with Gasteiger partial charge < -0.3 is 4.74 Å². The van der Waals surface area contributed by atoms with Crippen LogP contribution < -0.4 is 4.74 Å². The number of hydrogen-bond donors (Lipinski definition) is 0. The fourth-order valence-corrected chi connectivity index (χ4v) is 0.785. The Morgan fingerprint density at radius 3 is 2.80 bits per heavy atom. The van der Waals surface area contributed by atoms with E-state index in [1.54, 1.807) is 0 Å². The molecule has 0 unspecified atom stereocenters. The van der Waals surface area contributed by atoms with Gasteiger partial charge in [-0.3, -0.25) is 15.1 Å². The van der Waals surface area contributed by atoms with E-state index in [2.05, 4.69) is 9.72 Å². The minimum atomic E-state index is -4.08. The fraction of sp³-hybridized carbons (Fsp3) is 0.286. The van der Waals surface area contributed by atoms with Gasteiger partial charge in [0.05, 0.1) is 4.92 Å². The summed E-state index contributed by atoms with van der Waals surface area (Å²) in [6, 6.07) is 0.863. The van der Waals surface area contributed by atoms with Crippen LogP contribution >= 0.6 is 0 Å². The number of alkyl halides is 3. The Balaban J connectivity index is 2.99. The van der Waals surface area contributed by atoms with Gasteiger partial charge in [0.25, 0.3) is 0 Å². The van der Waals surface area contributed by atoms with Crippen LogP contribution in [-0.2, 0) is 0 Å². The molecule has 0 aromatic carbocycles. The van der Waals surface area contributed by atoms with E-state index in [9.17, 15) is 23.3 Å². The zero-order valence-corrected chi connectivity index (χ0v) is 7.19. The molecule has 0 saturated carbocycles. The molecule has 0 aliphatic heterocycles. The summed E-state index contributed by atoms with van der Waals surface area (Å²) in [5, 5.41) is 10.3. The molecule has 0 radical (unpaired) electrons. The molecule has 0 fully saturated rings. The smallest absolute Gasteiger partial charge is 0.423 e. The van der Waals surface area contributed by atoms with Gasteiger partial charge in [-0.05, 0) is 0 Å². The van der Waals surface area contributed by atoms with Gasteiger partial charge in [-0.25, -0.2) is 4.39 Å². The normalized spacial score (nSPS) is 11.1. The Morgan fingerprint density at radius 1 is 1.60 bits per heavy atom. The van der Waals surface area contributed by atoms with Gasteiger partial charge in [0.2, 0.25) is 5.75 Å². The van der Waals surface area contributed by atoms with Crippen LogP contribution in [0.4, 0.5) is 18.9 Å². The van der Waals surface area contributed by atoms with E-state index in [0.29, 0.717) is 0 Å². The van der Waals surface area contributed by atoms with Crippen molar-refractivity contribution in [3.63, 3.8) is 0 Å². The van der Waals surface area contributed by atoms with Crippen LogP contribution in [-0.4, -0.2) is 22.7 Å². The predicted molar refractivity (Wildman–Crippen MR) is 42.4 cm³/mol. The molecule has 5 nitrogen and oxygen atoms in total. The second-order valence-electron chi connectivity index (χ2n) is 2.47. The summed E-state index contributed by atoms with van der Waals surface area (Å²) in [6.45, 7) is -2.06. The van der Waals surface area contributed by atoms with Crippen molar-refractivity contribution in [2.45, 2.75) is 6.11 Å². The maximum absolute atomic E-state index is 12.4. The lowest BCUT2D eigenvalue weighted by Gasteiger charge is -2.13. The van der Waals surface area contributed by atoms with Crippen molar-refractivity contribution < 1.29 is 22.8 Å². The number of halogens is 3. The summed E-state index contributed by atoms with van der Waals surface area (Å²) in [5.41, 5.74) is -0.745. The molecule has 0 spiro atoms. The SMILES string of the molecule is O=[N+]([O-])c1cnccc1OC(F)(F)CF. The maximum Gasteiger partial charge on any atom is 0.427 e. The third-order valence-electron chi connectivity index (χ3n) is 1.37. The zero-order valence-electron chi connectivity index (χ0n) is 7.19. The van der Waals surface area contributed by atoms with E-state index in [0.717, 1.165) is 18.5 Å². The monoisotopic (exact) mass is 222 g/mol. The molecular weight excluding hydrogens is 217 g/mol. The Hall–Kier alpha value is -1.86. The average molecular weight is 222 g/mol. The molecule has 8 heteroatoms. The van der Waals surface area contributed by atoms with Crippen LogP contribution in [0, 0.1) is 10.1 Å². The van der Waals surface area contributed by atoms with Gasteiger partial charge in [0.1, 0.15) is 6.20 Å². The third kappa shape index (κ3) is 2.79. The lowest BCUT2D eigenvalue weighted by molar-refractivity contribution is -0.387. The van der Waals surface area contributed by atoms with Crippen molar-refractivity contribution >= 4 is 5.69 Å². The summed E-state index contributed by atoms with van der Waals surface area (Å²) in [5.74, 6) is -0.724. The number of hydrogen-bond acceptors (Lipinski definition) is 4. The molecule has 0 bridgehead atoms. The summed E-state index contributed by atoms with van der Waals surface area (Å²) in [6.07, 6.45) is -2.31. The topological polar surface area (TPSA) is 65.3 Å². The highest BCUT2D eigenvalue weighted by Gasteiger charge is 2.34. The number of nitrogens with zero attached hydrogens (tertiary/aromatic N) is 2. The molecule has 82 valence electrons. The van der Waals surface area contributed by atoms with Crippen LogP contribution in [0.5, 0.6) is 5.75 Å². The molecule has 1 rings (SSSR count). The van der Waals surface area contributed by atoms with E-state index in [1.807, 2.05) is 0 Å². The predicted octanol–water partition coefficient (Wildman–Crippen LogP) is 1.93. The largest absolute Gasteiger partial charge is 0.427 e. The first-order valence-electron chi connectivity index (χ1n) is 3.67. The van der Waals surface area contributed by atoms with Crippen molar-refractivity contribution in [2.75, 3.05) is 6.67 Å². The molecule has 0 atom stereocenters. The van der Waals surface area contributed by atoms with Gasteiger partial charge in [0.15, 0.2) is 6.67 Å². The van der Waals surface area contributed by atoms with E-state index >= 15 is 0 Å². The first-order chi connectivity index (χ1) is 6.96. The highest BCUT2D eigenvalue weighted by Crippen LogP contribution is 2.29. The minimum Gasteiger partial charge on any atom is -0.423 e. The summed E-state index contributed by atoms with van der Waals surface area (Å²) in [7, 11) is 0. The molecule has 0 N–H and O–H groups in total. The first-order valence-corrected chi connectivity index (χ1v) is 3.67. The maximum atomic E-state index is 12.4. The van der Waals surface area contributed by atoms with Gasteiger partial charge in [-0.2, -0.15) is 8.78 Å². The fourth-order valence-electron chi connectivity index (χ4n) is 0.785. The molecule has 1 aromatic rings. The van der Waals surface area contributed by atoms with Crippen LogP contribution in [0.25, 0.3) is 0 Å². The van der Waals surface area contributed by atoms with Crippen molar-refractivity contribution in [3.8, 4) is 5.75 Å². The molecule has 0 amide bonds. The van der Waals surface area contributed by atoms with Gasteiger partial charge in [-0.15, -0.1) is 0 Å². The van der Waals surface area contributed by atoms with Crippen molar-refractivity contribution in [1.29, 1.82) is 0 Å². The lowest BCUT2D eigenvalue weighted by Crippen LogP contribution is -2.27. The zero-order chi connectivity index (χ0) is 11.5. The van der Waals surface area contributed by atoms with Gasteiger partial charge in [-0.1, -0.05) is 0 Å². The Labute approximate surface area is 81.6 Å². The number of nitro groups is 1. The van der Waals surface area contributed by atoms with Crippen LogP contribution in [0.1, 0.15) is 0 Å². The number of ether oxygens (including phenoxy) is 1. The van der Waals surface area contributed by atoms with Crippen LogP contribution in [0.15, 0.2) is 18.5 Å². The molecular formula is C7H5F3N2O3. The third-order valence-corrected chi connectivity index (χ3v) is 1.37. The van der Waals surface area contributed by atoms with E-state index in [-0.39, 0.29) is 0 Å². The number of aromatic nitrogens is 1. The van der Waals surface area contributed by atoms with Crippen LogP contribution in [0.3, 0.4) is 0 Å². The highest BCUT2D eigenvalue weighted by molar-refractivity contribution is 5.43. The standard InChI is InChI=1S/C7H5F3N2O3/c8-4-7(9,10)15-6-1-2-11-3-5(6)12(13)14/h1-3H,4H2. The van der Waals surface area contributed by atoms with Crippen molar-refractivity contribution in [1.82, 2.24) is 4.98 Å². The molecule has 0 saturated heterocycles. The first kappa shape index (κ1) is 11.2. The second kappa shape index (κ2) is 4.11. The molecule has 15 heavy (non-hydrogen) atoms. The number of rotatable bonds is 4. The molecule has 1 heterocycles. The van der Waals surface area contributed by atoms with E-state index in [1.165, 1.54) is 0 Å². The Bertz CT molecular complexity index is 372. The van der Waals surface area contributed by atoms with Gasteiger partial charge in [0, 0.05) is 12.3 Å². The molecule has 0 aliphatic carbocycles. The second-order valence-corrected chi connectivity index (χ2v) is 2.47. The van der Waals surface area contributed by atoms with Crippen molar-refractivity contribution in [3.05, 3.63) is 28.6 Å². The summed E-state index contributed by atoms with van der Waals surface area (Å²) in [4.78, 5) is 12.8. The van der Waals surface area contributed by atoms with Gasteiger partial charge >= 0.3 is 11.8 Å². The Morgan fingerprint density at radius 2 is 2.27 bits per heavy atom.